The van der Waals surface area contributed by atoms with Crippen molar-refractivity contribution < 1.29 is 32.6 Å². The van der Waals surface area contributed by atoms with E-state index in [1.54, 1.807) is 6.07 Å². The summed E-state index contributed by atoms with van der Waals surface area (Å²) in [6, 6.07) is 7.58. The molecule has 4 rings (SSSR count). The van der Waals surface area contributed by atoms with E-state index in [9.17, 15) is 27.9 Å². The van der Waals surface area contributed by atoms with Gasteiger partial charge in [-0.15, -0.1) is 0 Å². The molecule has 7 nitrogen and oxygen atoms in total. The van der Waals surface area contributed by atoms with Crippen molar-refractivity contribution in [3.8, 4) is 5.75 Å². The molecule has 188 valence electrons. The fourth-order valence-electron chi connectivity index (χ4n) is 4.54. The molecule has 0 radical (unpaired) electrons. The first-order valence-electron chi connectivity index (χ1n) is 11.7. The highest BCUT2D eigenvalue weighted by atomic mass is 19.4. The summed E-state index contributed by atoms with van der Waals surface area (Å²) in [5.74, 6) is -0.184. The molecular formula is C25H28F3N3O4. The minimum Gasteiger partial charge on any atom is -0.480 e. The second kappa shape index (κ2) is 10.2. The van der Waals surface area contributed by atoms with Gasteiger partial charge in [0.15, 0.2) is 6.10 Å². The Bertz CT molecular complexity index is 1070. The number of ether oxygens (including phenoxy) is 1. The molecule has 0 saturated heterocycles. The zero-order chi connectivity index (χ0) is 25.2. The second-order valence-electron chi connectivity index (χ2n) is 9.21. The van der Waals surface area contributed by atoms with Crippen LogP contribution in [-0.4, -0.2) is 34.1 Å². The first-order valence-corrected chi connectivity index (χ1v) is 11.7. The van der Waals surface area contributed by atoms with Crippen LogP contribution in [0.5, 0.6) is 5.75 Å². The van der Waals surface area contributed by atoms with Gasteiger partial charge in [0.2, 0.25) is 5.91 Å². The fraction of sp³-hybridized carbons (Fsp3) is 0.480. The number of nitrogens with one attached hydrogen (secondary N) is 2. The minimum atomic E-state index is -4.45. The van der Waals surface area contributed by atoms with E-state index < -0.39 is 23.9 Å². The van der Waals surface area contributed by atoms with E-state index in [4.69, 9.17) is 4.74 Å². The number of hydrogen-bond donors (Lipinski definition) is 3. The number of carbonyl (C=O) groups excluding carboxylic acids is 2. The molecule has 1 fully saturated rings. The van der Waals surface area contributed by atoms with E-state index in [2.05, 4.69) is 15.6 Å². The van der Waals surface area contributed by atoms with E-state index in [0.29, 0.717) is 42.7 Å². The lowest BCUT2D eigenvalue weighted by Crippen LogP contribution is -2.47. The van der Waals surface area contributed by atoms with Crippen molar-refractivity contribution in [2.24, 2.45) is 5.92 Å². The van der Waals surface area contributed by atoms with Gasteiger partial charge in [-0.1, -0.05) is 11.6 Å². The molecule has 3 N–H and O–H groups in total. The molecule has 35 heavy (non-hydrogen) atoms. The third kappa shape index (κ3) is 6.11. The van der Waals surface area contributed by atoms with Gasteiger partial charge in [0.25, 0.3) is 5.91 Å². The van der Waals surface area contributed by atoms with Gasteiger partial charge in [-0.25, -0.2) is 0 Å². The highest BCUT2D eigenvalue weighted by Gasteiger charge is 2.34. The molecule has 1 aromatic carbocycles. The monoisotopic (exact) mass is 491 g/mol. The molecule has 1 aliphatic carbocycles. The first-order chi connectivity index (χ1) is 16.6. The van der Waals surface area contributed by atoms with Crippen molar-refractivity contribution in [3.05, 3.63) is 58.9 Å². The number of carbonyl (C=O) groups is 2. The number of halogens is 3. The largest absolute Gasteiger partial charge is 0.480 e. The Kier molecular flexibility index (Phi) is 7.30. The van der Waals surface area contributed by atoms with E-state index in [-0.39, 0.29) is 36.7 Å². The zero-order valence-electron chi connectivity index (χ0n) is 19.3. The van der Waals surface area contributed by atoms with Crippen molar-refractivity contribution in [2.75, 3.05) is 0 Å². The molecule has 10 heteroatoms. The topological polar surface area (TPSA) is 101 Å². The van der Waals surface area contributed by atoms with Crippen LogP contribution in [0.3, 0.4) is 0 Å². The molecule has 2 atom stereocenters. The number of nitrogens with zero attached hydrogens (tertiary/aromatic N) is 1. The summed E-state index contributed by atoms with van der Waals surface area (Å²) < 4.78 is 43.7. The molecule has 0 spiro atoms. The quantitative estimate of drug-likeness (QED) is 0.594. The predicted octanol–water partition coefficient (Wildman–Crippen LogP) is 3.58. The SMILES string of the molecule is Cc1ccc2c(c1)[C@H](O)C[C@H](C(=O)NC1CCC(C(=O)NCc3ccc(C(F)(F)F)cn3)CC1)O2. The smallest absolute Gasteiger partial charge is 0.417 e. The third-order valence-corrected chi connectivity index (χ3v) is 6.56. The van der Waals surface area contributed by atoms with Crippen molar-refractivity contribution >= 4 is 11.8 Å². The maximum Gasteiger partial charge on any atom is 0.417 e. The number of rotatable bonds is 5. The first kappa shape index (κ1) is 25.0. The lowest BCUT2D eigenvalue weighted by atomic mass is 9.85. The molecule has 2 aromatic rings. The molecule has 1 saturated carbocycles. The molecule has 0 unspecified atom stereocenters. The van der Waals surface area contributed by atoms with Crippen LogP contribution in [-0.2, 0) is 22.3 Å². The Hall–Kier alpha value is -3.14. The highest BCUT2D eigenvalue weighted by Crippen LogP contribution is 2.35. The number of benzene rings is 1. The maximum absolute atomic E-state index is 12.7. The number of aliphatic hydroxyl groups is 1. The Morgan fingerprint density at radius 1 is 1.11 bits per heavy atom. The Balaban J connectivity index is 1.22. The lowest BCUT2D eigenvalue weighted by molar-refractivity contribution is -0.138. The molecule has 2 amide bonds. The normalized spacial score (nSPS) is 24.1. The van der Waals surface area contributed by atoms with Crippen molar-refractivity contribution in [2.45, 2.75) is 70.0 Å². The summed E-state index contributed by atoms with van der Waals surface area (Å²) in [7, 11) is 0. The van der Waals surface area contributed by atoms with Gasteiger partial charge < -0.3 is 20.5 Å². The summed E-state index contributed by atoms with van der Waals surface area (Å²) in [5.41, 5.74) is 1.21. The van der Waals surface area contributed by atoms with Gasteiger partial charge >= 0.3 is 6.18 Å². The molecule has 0 bridgehead atoms. The van der Waals surface area contributed by atoms with Gasteiger partial charge in [-0.3, -0.25) is 14.6 Å². The van der Waals surface area contributed by atoms with E-state index in [1.165, 1.54) is 6.07 Å². The summed E-state index contributed by atoms with van der Waals surface area (Å²) in [5, 5.41) is 16.1. The second-order valence-corrected chi connectivity index (χ2v) is 9.21. The summed E-state index contributed by atoms with van der Waals surface area (Å²) in [6.07, 6.45) is -2.68. The van der Waals surface area contributed by atoms with Crippen LogP contribution in [0.4, 0.5) is 13.2 Å². The van der Waals surface area contributed by atoms with Gasteiger partial charge in [0.05, 0.1) is 23.9 Å². The molecule has 1 aliphatic heterocycles. The number of amides is 2. The minimum absolute atomic E-state index is 0.0516. The van der Waals surface area contributed by atoms with Gasteiger partial charge in [0.1, 0.15) is 5.75 Å². The lowest BCUT2D eigenvalue weighted by Gasteiger charge is -2.32. The van der Waals surface area contributed by atoms with Crippen LogP contribution in [0.25, 0.3) is 0 Å². The van der Waals surface area contributed by atoms with Crippen LogP contribution in [0.15, 0.2) is 36.5 Å². The summed E-state index contributed by atoms with van der Waals surface area (Å²) >= 11 is 0. The van der Waals surface area contributed by atoms with Crippen molar-refractivity contribution in [1.82, 2.24) is 15.6 Å². The van der Waals surface area contributed by atoms with Crippen LogP contribution in [0.1, 0.15) is 60.6 Å². The number of aryl methyl sites for hydroxylation is 1. The van der Waals surface area contributed by atoms with Crippen molar-refractivity contribution in [3.63, 3.8) is 0 Å². The summed E-state index contributed by atoms with van der Waals surface area (Å²) in [6.45, 7) is 1.98. The van der Waals surface area contributed by atoms with E-state index in [1.807, 2.05) is 19.1 Å². The van der Waals surface area contributed by atoms with E-state index in [0.717, 1.165) is 17.8 Å². The number of alkyl halides is 3. The average Bonchev–Trinajstić information content (AvgIpc) is 2.83. The maximum atomic E-state index is 12.7. The Labute approximate surface area is 201 Å². The van der Waals surface area contributed by atoms with Gasteiger partial charge in [-0.2, -0.15) is 13.2 Å². The highest BCUT2D eigenvalue weighted by molar-refractivity contribution is 5.82. The average molecular weight is 492 g/mol. The number of hydrogen-bond acceptors (Lipinski definition) is 5. The fourth-order valence-corrected chi connectivity index (χ4v) is 4.54. The number of pyridine rings is 1. The molecule has 2 aliphatic rings. The van der Waals surface area contributed by atoms with Crippen LogP contribution < -0.4 is 15.4 Å². The van der Waals surface area contributed by atoms with Gasteiger partial charge in [0, 0.05) is 30.1 Å². The van der Waals surface area contributed by atoms with Gasteiger partial charge in [-0.05, 0) is 56.9 Å². The predicted molar refractivity (Wildman–Crippen MR) is 120 cm³/mol. The Morgan fingerprint density at radius 3 is 2.51 bits per heavy atom. The zero-order valence-corrected chi connectivity index (χ0v) is 19.3. The van der Waals surface area contributed by atoms with Crippen molar-refractivity contribution in [1.29, 1.82) is 0 Å². The molecule has 1 aromatic heterocycles. The number of fused-ring (bicyclic) bond motifs is 1. The number of aromatic nitrogens is 1. The number of aliphatic hydroxyl groups excluding tert-OH is 1. The Morgan fingerprint density at radius 2 is 1.86 bits per heavy atom. The van der Waals surface area contributed by atoms with E-state index >= 15 is 0 Å². The third-order valence-electron chi connectivity index (χ3n) is 6.56. The van der Waals surface area contributed by atoms with Crippen LogP contribution in [0.2, 0.25) is 0 Å². The van der Waals surface area contributed by atoms with Crippen LogP contribution in [0, 0.1) is 12.8 Å². The summed E-state index contributed by atoms with van der Waals surface area (Å²) in [4.78, 5) is 29.0. The standard InChI is InChI=1S/C25H28F3N3O4/c1-14-2-9-21-19(10-14)20(32)11-22(35-21)24(34)31-17-6-3-15(4-7-17)23(33)30-13-18-8-5-16(12-29-18)25(26,27)28/h2,5,8-10,12,15,17,20,22,32H,3-4,6-7,11,13H2,1H3,(H,30,33)(H,31,34)/t15?,17?,20-,22-/m1/s1. The molecule has 2 heterocycles. The molecular weight excluding hydrogens is 463 g/mol. The van der Waals surface area contributed by atoms with Crippen LogP contribution >= 0.6 is 0 Å².